The Morgan fingerprint density at radius 2 is 1.17 bits per heavy atom. The molecule has 0 saturated carbocycles. The fourth-order valence-electron chi connectivity index (χ4n) is 3.58. The lowest BCUT2D eigenvalue weighted by Gasteiger charge is -2.30. The topological polar surface area (TPSA) is 6.48 Å². The maximum atomic E-state index is 2.56. The van der Waals surface area contributed by atoms with E-state index in [0.29, 0.717) is 6.17 Å². The van der Waals surface area contributed by atoms with Crippen molar-refractivity contribution < 1.29 is 0 Å². The van der Waals surface area contributed by atoms with Gasteiger partial charge in [0.2, 0.25) is 0 Å². The van der Waals surface area contributed by atoms with Gasteiger partial charge in [0, 0.05) is 26.0 Å². The van der Waals surface area contributed by atoms with E-state index in [1.54, 1.807) is 0 Å². The molecule has 0 aromatic rings. The van der Waals surface area contributed by atoms with Crippen LogP contribution in [0.1, 0.15) is 104 Å². The van der Waals surface area contributed by atoms with Gasteiger partial charge in [0.1, 0.15) is 6.17 Å². The predicted octanol–water partition coefficient (Wildman–Crippen LogP) is 6.53. The Hall–Kier alpha value is -0.660. The smallest absolute Gasteiger partial charge is 0.100 e. The van der Waals surface area contributed by atoms with E-state index in [1.165, 1.54) is 96.4 Å². The molecule has 0 spiro atoms. The zero-order valence-corrected chi connectivity index (χ0v) is 16.2. The van der Waals surface area contributed by atoms with Crippen LogP contribution in [0.3, 0.4) is 0 Å². The van der Waals surface area contributed by atoms with Gasteiger partial charge in [-0.1, -0.05) is 84.5 Å². The zero-order chi connectivity index (χ0) is 16.8. The van der Waals surface area contributed by atoms with Crippen LogP contribution in [-0.2, 0) is 0 Å². The minimum atomic E-state index is 0.626. The number of unbranched alkanes of at least 4 members (excludes halogenated alkanes) is 11. The maximum absolute atomic E-state index is 2.56. The Balaban J connectivity index is 1.99. The molecular weight excluding hydrogens is 280 g/mol. The molecule has 1 unspecified atom stereocenters. The average molecular weight is 323 g/mol. The van der Waals surface area contributed by atoms with Crippen molar-refractivity contribution in [2.45, 2.75) is 110 Å². The third-order valence-electron chi connectivity index (χ3n) is 5.18. The molecule has 1 aliphatic heterocycles. The van der Waals surface area contributed by atoms with E-state index in [9.17, 15) is 0 Å². The second kappa shape index (κ2) is 13.7. The van der Waals surface area contributed by atoms with E-state index in [4.69, 9.17) is 0 Å². The van der Waals surface area contributed by atoms with Gasteiger partial charge in [-0.05, 0) is 19.3 Å². The van der Waals surface area contributed by atoms with E-state index in [2.05, 4.69) is 43.1 Å². The second-order valence-corrected chi connectivity index (χ2v) is 7.36. The molecule has 136 valence electrons. The first kappa shape index (κ1) is 20.4. The van der Waals surface area contributed by atoms with Gasteiger partial charge in [-0.25, -0.2) is 0 Å². The van der Waals surface area contributed by atoms with Crippen LogP contribution in [0.15, 0.2) is 12.4 Å². The fourth-order valence-corrected chi connectivity index (χ4v) is 3.58. The summed E-state index contributed by atoms with van der Waals surface area (Å²) in [5, 5.41) is 0. The second-order valence-electron chi connectivity index (χ2n) is 7.36. The molecule has 2 heteroatoms. The summed E-state index contributed by atoms with van der Waals surface area (Å²) in [7, 11) is 2.23. The van der Waals surface area contributed by atoms with Gasteiger partial charge in [-0.15, -0.1) is 0 Å². The van der Waals surface area contributed by atoms with Crippen molar-refractivity contribution in [3.05, 3.63) is 12.4 Å². The van der Waals surface area contributed by atoms with Crippen molar-refractivity contribution in [3.8, 4) is 0 Å². The summed E-state index contributed by atoms with van der Waals surface area (Å²) in [6, 6.07) is 0. The molecule has 0 aromatic carbocycles. The first-order valence-electron chi connectivity index (χ1n) is 10.5. The first-order chi connectivity index (χ1) is 11.3. The van der Waals surface area contributed by atoms with E-state index in [1.807, 2.05) is 0 Å². The molecular formula is C21H42N2. The molecule has 0 bridgehead atoms. The van der Waals surface area contributed by atoms with Gasteiger partial charge in [-0.3, -0.25) is 0 Å². The Morgan fingerprint density at radius 3 is 1.78 bits per heavy atom. The van der Waals surface area contributed by atoms with Crippen LogP contribution in [0.2, 0.25) is 0 Å². The molecule has 1 heterocycles. The third kappa shape index (κ3) is 9.27. The summed E-state index contributed by atoms with van der Waals surface area (Å²) in [6.07, 6.45) is 24.8. The molecule has 0 amide bonds. The molecule has 0 N–H and O–H groups in total. The SMILES string of the molecule is CCCCCCCCCCCCC1N(C)C=CN1CCCCC. The van der Waals surface area contributed by atoms with Crippen LogP contribution in [0, 0.1) is 0 Å². The average Bonchev–Trinajstić information content (AvgIpc) is 2.90. The molecule has 23 heavy (non-hydrogen) atoms. The Bertz CT molecular complexity index is 288. The normalized spacial score (nSPS) is 17.4. The Kier molecular flexibility index (Phi) is 12.2. The summed E-state index contributed by atoms with van der Waals surface area (Å²) >= 11 is 0. The third-order valence-corrected chi connectivity index (χ3v) is 5.18. The van der Waals surface area contributed by atoms with Crippen molar-refractivity contribution >= 4 is 0 Å². The van der Waals surface area contributed by atoms with Gasteiger partial charge in [0.15, 0.2) is 0 Å². The first-order valence-corrected chi connectivity index (χ1v) is 10.5. The van der Waals surface area contributed by atoms with Crippen molar-refractivity contribution in [2.75, 3.05) is 13.6 Å². The van der Waals surface area contributed by atoms with Crippen molar-refractivity contribution in [3.63, 3.8) is 0 Å². The molecule has 0 radical (unpaired) electrons. The lowest BCUT2D eigenvalue weighted by molar-refractivity contribution is 0.159. The molecule has 0 saturated heterocycles. The molecule has 1 rings (SSSR count). The Labute approximate surface area is 146 Å². The van der Waals surface area contributed by atoms with Gasteiger partial charge < -0.3 is 9.80 Å². The van der Waals surface area contributed by atoms with E-state index in [0.717, 1.165) is 0 Å². The van der Waals surface area contributed by atoms with Gasteiger partial charge in [0.25, 0.3) is 0 Å². The quantitative estimate of drug-likeness (QED) is 0.316. The number of hydrogen-bond donors (Lipinski definition) is 0. The lowest BCUT2D eigenvalue weighted by atomic mass is 10.1. The number of rotatable bonds is 15. The van der Waals surface area contributed by atoms with Gasteiger partial charge >= 0.3 is 0 Å². The Morgan fingerprint density at radius 1 is 0.652 bits per heavy atom. The number of nitrogens with zero attached hydrogens (tertiary/aromatic N) is 2. The van der Waals surface area contributed by atoms with E-state index < -0.39 is 0 Å². The predicted molar refractivity (Wildman–Crippen MR) is 103 cm³/mol. The van der Waals surface area contributed by atoms with E-state index >= 15 is 0 Å². The summed E-state index contributed by atoms with van der Waals surface area (Å²) in [4.78, 5) is 4.96. The minimum Gasteiger partial charge on any atom is -0.359 e. The highest BCUT2D eigenvalue weighted by Gasteiger charge is 2.22. The van der Waals surface area contributed by atoms with Gasteiger partial charge in [-0.2, -0.15) is 0 Å². The minimum absolute atomic E-state index is 0.626. The summed E-state index contributed by atoms with van der Waals surface area (Å²) in [5.74, 6) is 0. The van der Waals surface area contributed by atoms with Crippen molar-refractivity contribution in [2.24, 2.45) is 0 Å². The lowest BCUT2D eigenvalue weighted by Crippen LogP contribution is -2.36. The van der Waals surface area contributed by atoms with Crippen LogP contribution in [-0.4, -0.2) is 29.6 Å². The van der Waals surface area contributed by atoms with Crippen LogP contribution in [0.25, 0.3) is 0 Å². The molecule has 1 aliphatic rings. The number of hydrogen-bond acceptors (Lipinski definition) is 2. The van der Waals surface area contributed by atoms with Crippen molar-refractivity contribution in [1.29, 1.82) is 0 Å². The van der Waals surface area contributed by atoms with Crippen LogP contribution in [0.4, 0.5) is 0 Å². The maximum Gasteiger partial charge on any atom is 0.100 e. The zero-order valence-electron chi connectivity index (χ0n) is 16.2. The standard InChI is InChI=1S/C21H42N2/c1-4-6-8-9-10-11-12-13-14-15-17-21-22(3)19-20-23(21)18-16-7-5-2/h19-21H,4-18H2,1-3H3. The van der Waals surface area contributed by atoms with Crippen LogP contribution in [0.5, 0.6) is 0 Å². The highest BCUT2D eigenvalue weighted by molar-refractivity contribution is 4.95. The largest absolute Gasteiger partial charge is 0.359 e. The molecule has 2 nitrogen and oxygen atoms in total. The molecule has 1 atom stereocenters. The summed E-state index contributed by atoms with van der Waals surface area (Å²) in [6.45, 7) is 5.81. The fraction of sp³-hybridized carbons (Fsp3) is 0.905. The molecule has 0 aliphatic carbocycles. The van der Waals surface area contributed by atoms with Crippen LogP contribution >= 0.6 is 0 Å². The summed E-state index contributed by atoms with van der Waals surface area (Å²) in [5.41, 5.74) is 0. The van der Waals surface area contributed by atoms with Crippen molar-refractivity contribution in [1.82, 2.24) is 9.80 Å². The highest BCUT2D eigenvalue weighted by Crippen LogP contribution is 2.21. The van der Waals surface area contributed by atoms with Gasteiger partial charge in [0.05, 0.1) is 0 Å². The van der Waals surface area contributed by atoms with Crippen LogP contribution < -0.4 is 0 Å². The molecule has 0 aromatic heterocycles. The van der Waals surface area contributed by atoms with E-state index in [-0.39, 0.29) is 0 Å². The molecule has 0 fully saturated rings. The summed E-state index contributed by atoms with van der Waals surface area (Å²) < 4.78 is 0. The monoisotopic (exact) mass is 322 g/mol. The highest BCUT2D eigenvalue weighted by atomic mass is 15.4.